The number of carbonyl (C=O) groups is 1. The van der Waals surface area contributed by atoms with Gasteiger partial charge in [0.15, 0.2) is 0 Å². The third-order valence-corrected chi connectivity index (χ3v) is 10.6. The Bertz CT molecular complexity index is 1740. The van der Waals surface area contributed by atoms with Crippen LogP contribution in [-0.4, -0.2) is 48.6 Å². The van der Waals surface area contributed by atoms with Gasteiger partial charge >= 0.3 is 0 Å². The Labute approximate surface area is 287 Å². The highest BCUT2D eigenvalue weighted by Crippen LogP contribution is 2.38. The van der Waals surface area contributed by atoms with Crippen LogP contribution in [0.25, 0.3) is 20.9 Å². The standard InChI is InChI=1S/C38H44ClN2O2S.BrH/c1-6-41(7-2,26-30-21-27(3)20-28(4)22-30)19-11-10-18-40(25-29-14-15-31-12-8-9-13-32(31)23-29)38(42)37-36(39)34-17-16-33(43-5)24-35(34)44-37;/h8-9,12-17,20-24H,6-7,10-11,18-19,25-26H2,1-5H3;1H/q+1;/p-1. The Hall–Kier alpha value is -2.90. The van der Waals surface area contributed by atoms with Crippen LogP contribution < -0.4 is 21.7 Å². The maximum atomic E-state index is 14.2. The third-order valence-electron chi connectivity index (χ3n) is 8.96. The minimum absolute atomic E-state index is 0. The molecule has 0 radical (unpaired) electrons. The van der Waals surface area contributed by atoms with Gasteiger partial charge in [0.25, 0.3) is 5.91 Å². The summed E-state index contributed by atoms with van der Waals surface area (Å²) in [5.41, 5.74) is 5.19. The highest BCUT2D eigenvalue weighted by Gasteiger charge is 2.26. The maximum absolute atomic E-state index is 14.2. The van der Waals surface area contributed by atoms with Crippen molar-refractivity contribution in [2.24, 2.45) is 0 Å². The molecule has 1 heterocycles. The molecular weight excluding hydrogens is 664 g/mol. The van der Waals surface area contributed by atoms with Crippen LogP contribution in [0.2, 0.25) is 5.02 Å². The van der Waals surface area contributed by atoms with Crippen LogP contribution >= 0.6 is 22.9 Å². The van der Waals surface area contributed by atoms with Gasteiger partial charge in [0.2, 0.25) is 0 Å². The molecule has 5 aromatic rings. The van der Waals surface area contributed by atoms with Crippen LogP contribution in [0.15, 0.2) is 78.9 Å². The van der Waals surface area contributed by atoms with E-state index < -0.39 is 0 Å². The molecule has 45 heavy (non-hydrogen) atoms. The second-order valence-electron chi connectivity index (χ2n) is 12.1. The quantitative estimate of drug-likeness (QED) is 0.0994. The molecule has 0 bridgehead atoms. The lowest BCUT2D eigenvalue weighted by Crippen LogP contribution is -3.00. The molecular formula is C38H44BrClN2O2S. The molecule has 5 rings (SSSR count). The number of aryl methyl sites for hydroxylation is 2. The number of nitrogens with zero attached hydrogens (tertiary/aromatic N) is 2. The molecule has 0 N–H and O–H groups in total. The van der Waals surface area contributed by atoms with E-state index >= 15 is 0 Å². The van der Waals surface area contributed by atoms with E-state index in [1.165, 1.54) is 38.8 Å². The average Bonchev–Trinajstić information content (AvgIpc) is 3.36. The summed E-state index contributed by atoms with van der Waals surface area (Å²) in [5.74, 6) is 0.752. The molecule has 1 amide bonds. The smallest absolute Gasteiger partial charge is 0.265 e. The minimum Gasteiger partial charge on any atom is -1.00 e. The first-order chi connectivity index (χ1) is 21.2. The van der Waals surface area contributed by atoms with E-state index in [1.54, 1.807) is 7.11 Å². The van der Waals surface area contributed by atoms with Crippen LogP contribution in [0, 0.1) is 13.8 Å². The fourth-order valence-corrected chi connectivity index (χ4v) is 7.91. The zero-order valence-corrected chi connectivity index (χ0v) is 30.2. The predicted octanol–water partition coefficient (Wildman–Crippen LogP) is 6.82. The summed E-state index contributed by atoms with van der Waals surface area (Å²) >= 11 is 8.30. The third kappa shape index (κ3) is 8.28. The molecule has 238 valence electrons. The predicted molar refractivity (Wildman–Crippen MR) is 187 cm³/mol. The SMILES string of the molecule is CC[N+](CC)(CCCCN(Cc1ccc2ccccc2c1)C(=O)c1sc2cc(OC)ccc2c1Cl)Cc1cc(C)cc(C)c1.[Br-]. The lowest BCUT2D eigenvalue weighted by atomic mass is 10.1. The number of benzene rings is 4. The van der Waals surface area contributed by atoms with Crippen molar-refractivity contribution in [3.05, 3.63) is 111 Å². The van der Waals surface area contributed by atoms with Crippen molar-refractivity contribution >= 4 is 49.7 Å². The van der Waals surface area contributed by atoms with Gasteiger partial charge in [0.05, 0.1) is 31.8 Å². The molecule has 0 saturated carbocycles. The summed E-state index contributed by atoms with van der Waals surface area (Å²) < 4.78 is 7.43. The highest BCUT2D eigenvalue weighted by atomic mass is 79.9. The maximum Gasteiger partial charge on any atom is 0.265 e. The van der Waals surface area contributed by atoms with Crippen molar-refractivity contribution < 1.29 is 31.0 Å². The van der Waals surface area contributed by atoms with Crippen molar-refractivity contribution in [2.75, 3.05) is 33.3 Å². The first-order valence-corrected chi connectivity index (χ1v) is 16.9. The number of unbranched alkanes of at least 4 members (excludes halogenated alkanes) is 1. The van der Waals surface area contributed by atoms with Crippen LogP contribution in [0.4, 0.5) is 0 Å². The van der Waals surface area contributed by atoms with Gasteiger partial charge in [0.1, 0.15) is 17.2 Å². The van der Waals surface area contributed by atoms with Crippen LogP contribution in [0.3, 0.4) is 0 Å². The van der Waals surface area contributed by atoms with E-state index in [-0.39, 0.29) is 22.9 Å². The fourth-order valence-electron chi connectivity index (χ4n) is 6.40. The summed E-state index contributed by atoms with van der Waals surface area (Å²) in [7, 11) is 1.65. The number of carbonyl (C=O) groups excluding carboxylic acids is 1. The number of hydrogen-bond donors (Lipinski definition) is 0. The molecule has 0 aliphatic carbocycles. The van der Waals surface area contributed by atoms with E-state index in [1.807, 2.05) is 23.1 Å². The molecule has 1 aromatic heterocycles. The highest BCUT2D eigenvalue weighted by molar-refractivity contribution is 7.21. The van der Waals surface area contributed by atoms with Crippen molar-refractivity contribution in [2.45, 2.75) is 53.6 Å². The van der Waals surface area contributed by atoms with Gasteiger partial charge in [0, 0.05) is 28.7 Å². The Morgan fingerprint density at radius 1 is 0.867 bits per heavy atom. The monoisotopic (exact) mass is 706 g/mol. The van der Waals surface area contributed by atoms with Crippen molar-refractivity contribution in [1.82, 2.24) is 4.90 Å². The first-order valence-electron chi connectivity index (χ1n) is 15.7. The van der Waals surface area contributed by atoms with Crippen LogP contribution in [0.5, 0.6) is 5.75 Å². The zero-order valence-electron chi connectivity index (χ0n) is 27.0. The van der Waals surface area contributed by atoms with E-state index in [9.17, 15) is 4.79 Å². The summed E-state index contributed by atoms with van der Waals surface area (Å²) in [6, 6.07) is 27.6. The molecule has 0 aliphatic rings. The number of ether oxygens (including phenoxy) is 1. The van der Waals surface area contributed by atoms with Crippen LogP contribution in [0.1, 0.15) is 58.6 Å². The van der Waals surface area contributed by atoms with Gasteiger partial charge < -0.3 is 31.1 Å². The average molecular weight is 708 g/mol. The fraction of sp³-hybridized carbons (Fsp3) is 0.342. The Balaban J connectivity index is 0.00000461. The van der Waals surface area contributed by atoms with E-state index in [0.717, 1.165) is 64.9 Å². The molecule has 0 spiro atoms. The van der Waals surface area contributed by atoms with Gasteiger partial charge in [-0.25, -0.2) is 0 Å². The molecule has 0 unspecified atom stereocenters. The number of halogens is 2. The Morgan fingerprint density at radius 2 is 1.58 bits per heavy atom. The molecule has 0 aliphatic heterocycles. The van der Waals surface area contributed by atoms with Gasteiger partial charge in [-0.1, -0.05) is 77.3 Å². The number of hydrogen-bond acceptors (Lipinski definition) is 3. The number of rotatable bonds is 13. The van der Waals surface area contributed by atoms with Crippen molar-refractivity contribution in [1.29, 1.82) is 0 Å². The van der Waals surface area contributed by atoms with Gasteiger partial charge in [-0.15, -0.1) is 11.3 Å². The number of quaternary nitrogens is 1. The molecule has 7 heteroatoms. The number of amides is 1. The summed E-state index contributed by atoms with van der Waals surface area (Å²) in [4.78, 5) is 16.8. The van der Waals surface area contributed by atoms with Crippen molar-refractivity contribution in [3.63, 3.8) is 0 Å². The van der Waals surface area contributed by atoms with E-state index in [0.29, 0.717) is 23.0 Å². The first kappa shape index (κ1) is 35.0. The molecule has 0 fully saturated rings. The molecule has 0 atom stereocenters. The summed E-state index contributed by atoms with van der Waals surface area (Å²) in [5, 5.41) is 3.81. The number of fused-ring (bicyclic) bond motifs is 2. The van der Waals surface area contributed by atoms with Crippen molar-refractivity contribution in [3.8, 4) is 5.75 Å². The number of thiophene rings is 1. The molecule has 0 saturated heterocycles. The van der Waals surface area contributed by atoms with E-state index in [2.05, 4.69) is 88.4 Å². The van der Waals surface area contributed by atoms with Gasteiger partial charge in [-0.2, -0.15) is 0 Å². The summed E-state index contributed by atoms with van der Waals surface area (Å²) in [6.45, 7) is 14.5. The largest absolute Gasteiger partial charge is 1.00 e. The Morgan fingerprint density at radius 3 is 2.27 bits per heavy atom. The Kier molecular flexibility index (Phi) is 12.1. The normalized spacial score (nSPS) is 11.5. The second-order valence-corrected chi connectivity index (χ2v) is 13.5. The molecule has 4 aromatic carbocycles. The van der Waals surface area contributed by atoms with Gasteiger partial charge in [-0.3, -0.25) is 4.79 Å². The summed E-state index contributed by atoms with van der Waals surface area (Å²) in [6.07, 6.45) is 1.98. The molecule has 4 nitrogen and oxygen atoms in total. The van der Waals surface area contributed by atoms with E-state index in [4.69, 9.17) is 16.3 Å². The second kappa shape index (κ2) is 15.6. The minimum atomic E-state index is -0.00898. The zero-order chi connectivity index (χ0) is 31.3. The number of methoxy groups -OCH3 is 1. The topological polar surface area (TPSA) is 29.5 Å². The van der Waals surface area contributed by atoms with Crippen LogP contribution in [-0.2, 0) is 13.1 Å². The lowest BCUT2D eigenvalue weighted by molar-refractivity contribution is -0.938. The lowest BCUT2D eigenvalue weighted by Gasteiger charge is -2.37. The van der Waals surface area contributed by atoms with Gasteiger partial charge in [-0.05, 0) is 81.1 Å².